The van der Waals surface area contributed by atoms with Crippen molar-refractivity contribution in [2.75, 3.05) is 24.5 Å². The van der Waals surface area contributed by atoms with Crippen molar-refractivity contribution in [2.24, 2.45) is 0 Å². The van der Waals surface area contributed by atoms with Crippen LogP contribution in [0, 0.1) is 0 Å². The van der Waals surface area contributed by atoms with Crippen LogP contribution in [0.4, 0.5) is 5.95 Å². The minimum absolute atomic E-state index is 0.516. The predicted molar refractivity (Wildman–Crippen MR) is 70.6 cm³/mol. The summed E-state index contributed by atoms with van der Waals surface area (Å²) in [4.78, 5) is 10.9. The summed E-state index contributed by atoms with van der Waals surface area (Å²) in [6.45, 7) is 5.31. The summed E-state index contributed by atoms with van der Waals surface area (Å²) in [5.41, 5.74) is 0. The van der Waals surface area contributed by atoms with Crippen LogP contribution in [-0.4, -0.2) is 35.6 Å². The lowest BCUT2D eigenvalue weighted by Gasteiger charge is -2.24. The molecule has 94 valence electrons. The van der Waals surface area contributed by atoms with Gasteiger partial charge in [-0.05, 0) is 25.8 Å². The molecule has 5 heteroatoms. The predicted octanol–water partition coefficient (Wildman–Crippen LogP) is 2.10. The fourth-order valence-corrected chi connectivity index (χ4v) is 2.31. The van der Waals surface area contributed by atoms with Gasteiger partial charge in [-0.25, -0.2) is 9.97 Å². The average molecular weight is 255 g/mol. The van der Waals surface area contributed by atoms with E-state index in [0.29, 0.717) is 11.1 Å². The van der Waals surface area contributed by atoms with Crippen molar-refractivity contribution in [2.45, 2.75) is 32.2 Å². The number of aromatic nitrogens is 2. The van der Waals surface area contributed by atoms with Gasteiger partial charge in [-0.3, -0.25) is 0 Å². The number of hydrogen-bond donors (Lipinski definition) is 1. The number of anilines is 1. The van der Waals surface area contributed by atoms with Crippen molar-refractivity contribution in [1.82, 2.24) is 15.3 Å². The van der Waals surface area contributed by atoms with Crippen LogP contribution in [0.5, 0.6) is 0 Å². The van der Waals surface area contributed by atoms with Crippen LogP contribution in [0.1, 0.15) is 26.2 Å². The van der Waals surface area contributed by atoms with E-state index in [-0.39, 0.29) is 0 Å². The fourth-order valence-electron chi connectivity index (χ4n) is 2.21. The van der Waals surface area contributed by atoms with E-state index in [0.717, 1.165) is 25.6 Å². The summed E-state index contributed by atoms with van der Waals surface area (Å²) in [5.74, 6) is 0.801. The van der Waals surface area contributed by atoms with Crippen molar-refractivity contribution in [3.05, 3.63) is 17.4 Å². The van der Waals surface area contributed by atoms with Crippen LogP contribution >= 0.6 is 11.6 Å². The van der Waals surface area contributed by atoms with Crippen molar-refractivity contribution < 1.29 is 0 Å². The van der Waals surface area contributed by atoms with Gasteiger partial charge in [-0.1, -0.05) is 18.5 Å². The number of rotatable bonds is 5. The van der Waals surface area contributed by atoms with Crippen LogP contribution < -0.4 is 10.2 Å². The molecule has 1 atom stereocenters. The van der Waals surface area contributed by atoms with Gasteiger partial charge in [0.2, 0.25) is 5.95 Å². The number of hydrogen-bond acceptors (Lipinski definition) is 4. The maximum atomic E-state index is 5.80. The summed E-state index contributed by atoms with van der Waals surface area (Å²) in [5, 5.41) is 4.06. The Morgan fingerprint density at radius 3 is 2.94 bits per heavy atom. The SMILES string of the molecule is CCCNCC1CCCN1c1ncc(Cl)cn1. The summed E-state index contributed by atoms with van der Waals surface area (Å²) >= 11 is 5.80. The Kier molecular flexibility index (Phi) is 4.57. The third kappa shape index (κ3) is 3.30. The maximum absolute atomic E-state index is 5.80. The lowest BCUT2D eigenvalue weighted by Crippen LogP contribution is -2.39. The first-order chi connectivity index (χ1) is 8.31. The van der Waals surface area contributed by atoms with Gasteiger partial charge in [-0.2, -0.15) is 0 Å². The molecular formula is C12H19ClN4. The van der Waals surface area contributed by atoms with Crippen LogP contribution in [0.2, 0.25) is 5.02 Å². The summed E-state index contributed by atoms with van der Waals surface area (Å²) in [6, 6.07) is 0.516. The molecule has 0 aliphatic carbocycles. The molecule has 1 aliphatic heterocycles. The summed E-state index contributed by atoms with van der Waals surface area (Å²) in [6.07, 6.45) is 6.93. The minimum Gasteiger partial charge on any atom is -0.337 e. The van der Waals surface area contributed by atoms with E-state index in [1.807, 2.05) is 0 Å². The zero-order valence-corrected chi connectivity index (χ0v) is 11.0. The van der Waals surface area contributed by atoms with Crippen molar-refractivity contribution in [1.29, 1.82) is 0 Å². The lowest BCUT2D eigenvalue weighted by molar-refractivity contribution is 0.565. The zero-order valence-electron chi connectivity index (χ0n) is 10.2. The molecule has 0 amide bonds. The molecule has 1 saturated heterocycles. The third-order valence-corrected chi connectivity index (χ3v) is 3.24. The van der Waals surface area contributed by atoms with Gasteiger partial charge < -0.3 is 10.2 Å². The van der Waals surface area contributed by atoms with Gasteiger partial charge in [0, 0.05) is 19.1 Å². The lowest BCUT2D eigenvalue weighted by atomic mass is 10.2. The molecular weight excluding hydrogens is 236 g/mol. The molecule has 17 heavy (non-hydrogen) atoms. The van der Waals surface area contributed by atoms with Crippen LogP contribution in [-0.2, 0) is 0 Å². The first kappa shape index (κ1) is 12.6. The summed E-state index contributed by atoms with van der Waals surface area (Å²) in [7, 11) is 0. The molecule has 0 spiro atoms. The van der Waals surface area contributed by atoms with Crippen LogP contribution in [0.3, 0.4) is 0 Å². The molecule has 1 unspecified atom stereocenters. The molecule has 1 aromatic rings. The monoisotopic (exact) mass is 254 g/mol. The Balaban J connectivity index is 1.96. The highest BCUT2D eigenvalue weighted by atomic mass is 35.5. The number of halogens is 1. The average Bonchev–Trinajstić information content (AvgIpc) is 2.79. The largest absolute Gasteiger partial charge is 0.337 e. The van der Waals surface area contributed by atoms with E-state index in [4.69, 9.17) is 11.6 Å². The smallest absolute Gasteiger partial charge is 0.225 e. The minimum atomic E-state index is 0.516. The first-order valence-corrected chi connectivity index (χ1v) is 6.64. The van der Waals surface area contributed by atoms with Gasteiger partial charge in [0.15, 0.2) is 0 Å². The molecule has 4 nitrogen and oxygen atoms in total. The second-order valence-corrected chi connectivity index (χ2v) is 4.83. The third-order valence-electron chi connectivity index (χ3n) is 3.05. The molecule has 1 N–H and O–H groups in total. The second kappa shape index (κ2) is 6.17. The topological polar surface area (TPSA) is 41.0 Å². The fraction of sp³-hybridized carbons (Fsp3) is 0.667. The second-order valence-electron chi connectivity index (χ2n) is 4.39. The van der Waals surface area contributed by atoms with Crippen LogP contribution in [0.25, 0.3) is 0 Å². The van der Waals surface area contributed by atoms with Crippen molar-refractivity contribution in [3.8, 4) is 0 Å². The van der Waals surface area contributed by atoms with E-state index in [2.05, 4.69) is 27.1 Å². The van der Waals surface area contributed by atoms with Crippen LogP contribution in [0.15, 0.2) is 12.4 Å². The highest BCUT2D eigenvalue weighted by Crippen LogP contribution is 2.22. The number of nitrogens with one attached hydrogen (secondary N) is 1. The summed E-state index contributed by atoms with van der Waals surface area (Å²) < 4.78 is 0. The Morgan fingerprint density at radius 1 is 1.47 bits per heavy atom. The van der Waals surface area contributed by atoms with Gasteiger partial charge in [0.05, 0.1) is 17.4 Å². The van der Waals surface area contributed by atoms with Gasteiger partial charge >= 0.3 is 0 Å². The molecule has 1 aromatic heterocycles. The van der Waals surface area contributed by atoms with Gasteiger partial charge in [0.1, 0.15) is 0 Å². The van der Waals surface area contributed by atoms with Crippen molar-refractivity contribution in [3.63, 3.8) is 0 Å². The van der Waals surface area contributed by atoms with Gasteiger partial charge in [-0.15, -0.1) is 0 Å². The molecule has 0 aromatic carbocycles. The molecule has 1 aliphatic rings. The van der Waals surface area contributed by atoms with E-state index in [9.17, 15) is 0 Å². The Hall–Kier alpha value is -0.870. The molecule has 2 rings (SSSR count). The molecule has 1 fully saturated rings. The zero-order chi connectivity index (χ0) is 12.1. The standard InChI is InChI=1S/C12H19ClN4/c1-2-5-14-9-11-4-3-6-17(11)12-15-7-10(13)8-16-12/h7-8,11,14H,2-6,9H2,1H3. The van der Waals surface area contributed by atoms with Crippen molar-refractivity contribution >= 4 is 17.5 Å². The van der Waals surface area contributed by atoms with E-state index < -0.39 is 0 Å². The highest BCUT2D eigenvalue weighted by Gasteiger charge is 2.25. The van der Waals surface area contributed by atoms with E-state index >= 15 is 0 Å². The highest BCUT2D eigenvalue weighted by molar-refractivity contribution is 6.30. The van der Waals surface area contributed by atoms with E-state index in [1.165, 1.54) is 19.3 Å². The maximum Gasteiger partial charge on any atom is 0.225 e. The van der Waals surface area contributed by atoms with Gasteiger partial charge in [0.25, 0.3) is 0 Å². The molecule has 0 saturated carbocycles. The molecule has 0 bridgehead atoms. The Morgan fingerprint density at radius 2 is 2.24 bits per heavy atom. The Labute approximate surface area is 107 Å². The quantitative estimate of drug-likeness (QED) is 0.817. The first-order valence-electron chi connectivity index (χ1n) is 6.26. The molecule has 0 radical (unpaired) electrons. The van der Waals surface area contributed by atoms with E-state index in [1.54, 1.807) is 12.4 Å². The Bertz CT molecular complexity index is 341. The molecule has 2 heterocycles. The number of nitrogens with zero attached hydrogens (tertiary/aromatic N) is 3. The normalized spacial score (nSPS) is 19.9.